The molecule has 0 radical (unpaired) electrons. The van der Waals surface area contributed by atoms with Crippen molar-refractivity contribution in [3.8, 4) is 5.75 Å². The zero-order valence-electron chi connectivity index (χ0n) is 21.5. The minimum atomic E-state index is -4.01. The first-order valence-electron chi connectivity index (χ1n) is 12.6. The van der Waals surface area contributed by atoms with Gasteiger partial charge in [0.05, 0.1) is 5.69 Å². The van der Waals surface area contributed by atoms with E-state index in [9.17, 15) is 18.0 Å². The third kappa shape index (κ3) is 7.50. The van der Waals surface area contributed by atoms with Crippen LogP contribution in [0.3, 0.4) is 0 Å². The molecule has 3 aromatic rings. The van der Waals surface area contributed by atoms with Crippen LogP contribution in [0.1, 0.15) is 31.4 Å². The molecule has 4 N–H and O–H groups in total. The minimum Gasteiger partial charge on any atom is -0.484 e. The summed E-state index contributed by atoms with van der Waals surface area (Å²) in [5.41, 5.74) is 7.08. The number of carbonyl (C=O) groups is 2. The first-order chi connectivity index (χ1) is 18.6. The average molecular weight is 571 g/mol. The molecular formula is C28H31ClN4O5S. The number of amides is 2. The van der Waals surface area contributed by atoms with E-state index in [2.05, 4.69) is 10.0 Å². The Balaban J connectivity index is 1.56. The van der Waals surface area contributed by atoms with Gasteiger partial charge in [-0.15, -0.1) is 0 Å². The van der Waals surface area contributed by atoms with Gasteiger partial charge < -0.3 is 20.7 Å². The summed E-state index contributed by atoms with van der Waals surface area (Å²) < 4.78 is 35.6. The Bertz CT molecular complexity index is 1410. The number of rotatable bonds is 10. The van der Waals surface area contributed by atoms with Crippen molar-refractivity contribution in [3.05, 3.63) is 83.4 Å². The Kier molecular flexibility index (Phi) is 9.11. The van der Waals surface area contributed by atoms with E-state index in [-0.39, 0.29) is 23.3 Å². The summed E-state index contributed by atoms with van der Waals surface area (Å²) in [5.74, 6) is -0.558. The Hall–Kier alpha value is -3.60. The highest BCUT2D eigenvalue weighted by Gasteiger charge is 2.29. The number of carbonyl (C=O) groups excluding carboxylic acids is 2. The second kappa shape index (κ2) is 12.5. The normalized spacial score (nSPS) is 15.0. The number of halogens is 1. The standard InChI is InChI=1S/C28H31ClN4O5S/c1-19(20-5-3-2-4-6-20)32-39(36,37)26-17-23(31-27(34)18-38-24-10-7-22(29)8-11-24)9-12-25(26)33-15-13-21(14-16-33)28(30)35/h2-12,17,19,21,32H,13-16,18H2,1H3,(H2,30,35)(H,31,34). The van der Waals surface area contributed by atoms with Crippen molar-refractivity contribution in [1.29, 1.82) is 0 Å². The van der Waals surface area contributed by atoms with Crippen molar-refractivity contribution in [2.45, 2.75) is 30.7 Å². The lowest BCUT2D eigenvalue weighted by molar-refractivity contribution is -0.122. The molecule has 9 nitrogen and oxygen atoms in total. The summed E-state index contributed by atoms with van der Waals surface area (Å²) in [4.78, 5) is 26.2. The molecular weight excluding hydrogens is 540 g/mol. The molecule has 206 valence electrons. The zero-order valence-corrected chi connectivity index (χ0v) is 23.0. The third-order valence-corrected chi connectivity index (χ3v) is 8.41. The molecule has 4 rings (SSSR count). The Morgan fingerprint density at radius 2 is 1.72 bits per heavy atom. The maximum Gasteiger partial charge on any atom is 0.262 e. The van der Waals surface area contributed by atoms with Gasteiger partial charge in [-0.1, -0.05) is 41.9 Å². The molecule has 1 fully saturated rings. The molecule has 0 saturated carbocycles. The van der Waals surface area contributed by atoms with E-state index in [4.69, 9.17) is 22.1 Å². The van der Waals surface area contributed by atoms with Gasteiger partial charge in [0.1, 0.15) is 10.6 Å². The van der Waals surface area contributed by atoms with Gasteiger partial charge in [-0.25, -0.2) is 13.1 Å². The molecule has 1 unspecified atom stereocenters. The molecule has 1 heterocycles. The molecule has 1 aliphatic rings. The van der Waals surface area contributed by atoms with E-state index in [1.54, 1.807) is 43.3 Å². The number of hydrogen-bond donors (Lipinski definition) is 3. The first-order valence-corrected chi connectivity index (χ1v) is 14.4. The fourth-order valence-electron chi connectivity index (χ4n) is 4.46. The Morgan fingerprint density at radius 3 is 2.36 bits per heavy atom. The van der Waals surface area contributed by atoms with Gasteiger partial charge in [-0.05, 0) is 67.8 Å². The summed E-state index contributed by atoms with van der Waals surface area (Å²) in [7, 11) is -4.01. The summed E-state index contributed by atoms with van der Waals surface area (Å²) in [6.45, 7) is 2.45. The van der Waals surface area contributed by atoms with Crippen LogP contribution in [0.4, 0.5) is 11.4 Å². The van der Waals surface area contributed by atoms with Gasteiger partial charge in [-0.3, -0.25) is 9.59 Å². The highest BCUT2D eigenvalue weighted by Crippen LogP contribution is 2.32. The van der Waals surface area contributed by atoms with Crippen LogP contribution in [0.5, 0.6) is 5.75 Å². The molecule has 1 aliphatic heterocycles. The lowest BCUT2D eigenvalue weighted by atomic mass is 9.96. The van der Waals surface area contributed by atoms with E-state index in [1.807, 2.05) is 35.2 Å². The van der Waals surface area contributed by atoms with Crippen LogP contribution in [0.2, 0.25) is 5.02 Å². The van der Waals surface area contributed by atoms with Crippen molar-refractivity contribution < 1.29 is 22.7 Å². The summed E-state index contributed by atoms with van der Waals surface area (Å²) in [6.07, 6.45) is 1.06. The SMILES string of the molecule is CC(NS(=O)(=O)c1cc(NC(=O)COc2ccc(Cl)cc2)ccc1N1CCC(C(N)=O)CC1)c1ccccc1. The molecule has 2 amide bonds. The molecule has 1 saturated heterocycles. The fraction of sp³-hybridized carbons (Fsp3) is 0.286. The molecule has 3 aromatic carbocycles. The number of piperidine rings is 1. The van der Waals surface area contributed by atoms with Crippen molar-refractivity contribution in [1.82, 2.24) is 4.72 Å². The molecule has 39 heavy (non-hydrogen) atoms. The van der Waals surface area contributed by atoms with E-state index >= 15 is 0 Å². The first kappa shape index (κ1) is 28.4. The number of benzene rings is 3. The number of nitrogens with two attached hydrogens (primary N) is 1. The third-order valence-electron chi connectivity index (χ3n) is 6.59. The quantitative estimate of drug-likeness (QED) is 0.336. The maximum absolute atomic E-state index is 13.7. The van der Waals surface area contributed by atoms with E-state index in [0.717, 1.165) is 5.56 Å². The van der Waals surface area contributed by atoms with Crippen LogP contribution < -0.4 is 25.4 Å². The zero-order chi connectivity index (χ0) is 28.0. The summed E-state index contributed by atoms with van der Waals surface area (Å²) >= 11 is 5.88. The Morgan fingerprint density at radius 1 is 1.05 bits per heavy atom. The van der Waals surface area contributed by atoms with Crippen LogP contribution in [-0.4, -0.2) is 39.9 Å². The van der Waals surface area contributed by atoms with Crippen LogP contribution >= 0.6 is 11.6 Å². The monoisotopic (exact) mass is 570 g/mol. The predicted octanol–water partition coefficient (Wildman–Crippen LogP) is 4.10. The van der Waals surface area contributed by atoms with Crippen molar-refractivity contribution >= 4 is 44.8 Å². The van der Waals surface area contributed by atoms with E-state index in [0.29, 0.717) is 48.1 Å². The Labute approximate surface area is 233 Å². The summed E-state index contributed by atoms with van der Waals surface area (Å²) in [6, 6.07) is 20.1. The van der Waals surface area contributed by atoms with Gasteiger partial charge in [0.25, 0.3) is 5.91 Å². The molecule has 11 heteroatoms. The lowest BCUT2D eigenvalue weighted by Gasteiger charge is -2.33. The minimum absolute atomic E-state index is 0.0271. The van der Waals surface area contributed by atoms with E-state index < -0.39 is 22.0 Å². The van der Waals surface area contributed by atoms with Crippen LogP contribution in [0, 0.1) is 5.92 Å². The van der Waals surface area contributed by atoms with Gasteiger partial charge in [0, 0.05) is 35.8 Å². The number of hydrogen-bond acceptors (Lipinski definition) is 6. The second-order valence-electron chi connectivity index (χ2n) is 9.39. The second-order valence-corrected chi connectivity index (χ2v) is 11.5. The number of nitrogens with one attached hydrogen (secondary N) is 2. The summed E-state index contributed by atoms with van der Waals surface area (Å²) in [5, 5.41) is 3.26. The predicted molar refractivity (Wildman–Crippen MR) is 151 cm³/mol. The number of primary amides is 1. The molecule has 1 atom stereocenters. The van der Waals surface area contributed by atoms with Crippen molar-refractivity contribution in [3.63, 3.8) is 0 Å². The highest BCUT2D eigenvalue weighted by molar-refractivity contribution is 7.89. The van der Waals surface area contributed by atoms with Crippen LogP contribution in [0.25, 0.3) is 0 Å². The highest BCUT2D eigenvalue weighted by atomic mass is 35.5. The molecule has 0 aromatic heterocycles. The largest absolute Gasteiger partial charge is 0.484 e. The molecule has 0 bridgehead atoms. The van der Waals surface area contributed by atoms with Gasteiger partial charge in [0.15, 0.2) is 6.61 Å². The number of sulfonamides is 1. The van der Waals surface area contributed by atoms with Crippen LogP contribution in [-0.2, 0) is 19.6 Å². The number of anilines is 2. The molecule has 0 spiro atoms. The smallest absolute Gasteiger partial charge is 0.262 e. The number of nitrogens with zero attached hydrogens (tertiary/aromatic N) is 1. The van der Waals surface area contributed by atoms with Gasteiger partial charge >= 0.3 is 0 Å². The number of ether oxygens (including phenoxy) is 1. The van der Waals surface area contributed by atoms with Gasteiger partial charge in [-0.2, -0.15) is 0 Å². The van der Waals surface area contributed by atoms with Gasteiger partial charge in [0.2, 0.25) is 15.9 Å². The average Bonchev–Trinajstić information content (AvgIpc) is 2.93. The maximum atomic E-state index is 13.7. The lowest BCUT2D eigenvalue weighted by Crippen LogP contribution is -2.39. The van der Waals surface area contributed by atoms with E-state index in [1.165, 1.54) is 6.07 Å². The topological polar surface area (TPSA) is 131 Å². The fourth-order valence-corrected chi connectivity index (χ4v) is 6.07. The van der Waals surface area contributed by atoms with Crippen molar-refractivity contribution in [2.24, 2.45) is 11.7 Å². The van der Waals surface area contributed by atoms with Crippen LogP contribution in [0.15, 0.2) is 77.7 Å². The van der Waals surface area contributed by atoms with Crippen molar-refractivity contribution in [2.75, 3.05) is 29.9 Å². The molecule has 0 aliphatic carbocycles.